The first kappa shape index (κ1) is 21.3. The topological polar surface area (TPSA) is 57.7 Å². The van der Waals surface area contributed by atoms with Crippen LogP contribution in [0.25, 0.3) is 0 Å². The maximum Gasteiger partial charge on any atom is 0.258 e. The van der Waals surface area contributed by atoms with Gasteiger partial charge in [-0.2, -0.15) is 4.31 Å². The predicted molar refractivity (Wildman–Crippen MR) is 116 cm³/mol. The fraction of sp³-hybridized carbons (Fsp3) is 0.350. The molecule has 1 amide bonds. The van der Waals surface area contributed by atoms with E-state index in [4.69, 9.17) is 11.6 Å². The number of carbonyl (C=O) groups is 1. The molecule has 0 atom stereocenters. The zero-order chi connectivity index (χ0) is 20.5. The third-order valence-electron chi connectivity index (χ3n) is 4.94. The second-order valence-electron chi connectivity index (χ2n) is 6.90. The Morgan fingerprint density at radius 3 is 2.43 bits per heavy atom. The molecule has 0 unspecified atom stereocenters. The first-order valence-electron chi connectivity index (χ1n) is 9.06. The van der Waals surface area contributed by atoms with Crippen molar-refractivity contribution in [2.24, 2.45) is 0 Å². The van der Waals surface area contributed by atoms with Crippen molar-refractivity contribution in [1.29, 1.82) is 0 Å². The number of sulfonamides is 1. The summed E-state index contributed by atoms with van der Waals surface area (Å²) in [6.45, 7) is 2.88. The number of rotatable bonds is 4. The van der Waals surface area contributed by atoms with E-state index in [1.807, 2.05) is 25.1 Å². The van der Waals surface area contributed by atoms with Gasteiger partial charge in [-0.05, 0) is 61.7 Å². The summed E-state index contributed by atoms with van der Waals surface area (Å²) < 4.78 is 28.4. The third-order valence-corrected chi connectivity index (χ3v) is 7.81. The maximum absolute atomic E-state index is 13.0. The van der Waals surface area contributed by atoms with Gasteiger partial charge in [-0.1, -0.05) is 34.0 Å². The van der Waals surface area contributed by atoms with Crippen LogP contribution in [0.5, 0.6) is 0 Å². The summed E-state index contributed by atoms with van der Waals surface area (Å²) in [4.78, 5) is 14.5. The van der Waals surface area contributed by atoms with Crippen molar-refractivity contribution < 1.29 is 13.2 Å². The van der Waals surface area contributed by atoms with Gasteiger partial charge < -0.3 is 4.90 Å². The average Bonchev–Trinajstić information content (AvgIpc) is 2.68. The lowest BCUT2D eigenvalue weighted by Crippen LogP contribution is -2.36. The average molecular weight is 486 g/mol. The van der Waals surface area contributed by atoms with E-state index in [0.717, 1.165) is 35.0 Å². The Bertz CT molecular complexity index is 1000. The van der Waals surface area contributed by atoms with Crippen LogP contribution in [0, 0.1) is 6.92 Å². The van der Waals surface area contributed by atoms with Crippen molar-refractivity contribution in [3.05, 3.63) is 57.0 Å². The number of hydrogen-bond donors (Lipinski definition) is 0. The van der Waals surface area contributed by atoms with Crippen LogP contribution in [0.3, 0.4) is 0 Å². The summed E-state index contributed by atoms with van der Waals surface area (Å²) >= 11 is 9.62. The first-order valence-corrected chi connectivity index (χ1v) is 11.7. The number of anilines is 1. The van der Waals surface area contributed by atoms with Crippen LogP contribution in [0.4, 0.5) is 5.69 Å². The van der Waals surface area contributed by atoms with Crippen molar-refractivity contribution in [3.63, 3.8) is 0 Å². The SMILES string of the molecule is Cc1cc(Br)ccc1N(C)C(=O)c1ccc(Cl)c(S(=O)(=O)N2CCCCC2)c1. The number of hydrogen-bond acceptors (Lipinski definition) is 3. The molecule has 1 aliphatic heterocycles. The zero-order valence-electron chi connectivity index (χ0n) is 15.8. The molecule has 8 heteroatoms. The van der Waals surface area contributed by atoms with Gasteiger partial charge >= 0.3 is 0 Å². The summed E-state index contributed by atoms with van der Waals surface area (Å²) in [6.07, 6.45) is 2.69. The molecule has 2 aromatic rings. The number of amides is 1. The molecule has 0 N–H and O–H groups in total. The van der Waals surface area contributed by atoms with Crippen LogP contribution >= 0.6 is 27.5 Å². The van der Waals surface area contributed by atoms with Crippen LogP contribution in [0.2, 0.25) is 5.02 Å². The Morgan fingerprint density at radius 2 is 1.79 bits per heavy atom. The van der Waals surface area contributed by atoms with Crippen molar-refractivity contribution in [2.45, 2.75) is 31.1 Å². The zero-order valence-corrected chi connectivity index (χ0v) is 18.9. The minimum atomic E-state index is -3.73. The molecule has 150 valence electrons. The van der Waals surface area contributed by atoms with Crippen molar-refractivity contribution >= 4 is 49.1 Å². The molecule has 28 heavy (non-hydrogen) atoms. The van der Waals surface area contributed by atoms with Gasteiger partial charge in [0.1, 0.15) is 4.90 Å². The quantitative estimate of drug-likeness (QED) is 0.621. The fourth-order valence-corrected chi connectivity index (χ4v) is 5.87. The summed E-state index contributed by atoms with van der Waals surface area (Å²) in [6, 6.07) is 10.1. The largest absolute Gasteiger partial charge is 0.311 e. The molecule has 2 aromatic carbocycles. The van der Waals surface area contributed by atoms with Gasteiger partial charge in [-0.3, -0.25) is 4.79 Å². The lowest BCUT2D eigenvalue weighted by Gasteiger charge is -2.26. The standard InChI is InChI=1S/C20H22BrClN2O3S/c1-14-12-16(21)7-9-18(14)23(2)20(25)15-6-8-17(22)19(13-15)28(26,27)24-10-4-3-5-11-24/h6-9,12-13H,3-5,10-11H2,1-2H3. The van der Waals surface area contributed by atoms with Gasteiger partial charge in [0.05, 0.1) is 5.02 Å². The number of nitrogens with zero attached hydrogens (tertiary/aromatic N) is 2. The van der Waals surface area contributed by atoms with E-state index in [9.17, 15) is 13.2 Å². The molecule has 0 bridgehead atoms. The van der Waals surface area contributed by atoms with Crippen LogP contribution in [0.1, 0.15) is 35.2 Å². The van der Waals surface area contributed by atoms with Gasteiger partial charge in [0.2, 0.25) is 10.0 Å². The minimum Gasteiger partial charge on any atom is -0.311 e. The number of aryl methyl sites for hydroxylation is 1. The van der Waals surface area contributed by atoms with Gasteiger partial charge in [0, 0.05) is 35.9 Å². The fourth-order valence-electron chi connectivity index (χ4n) is 3.38. The Labute approximate surface area is 179 Å². The normalized spacial score (nSPS) is 15.4. The lowest BCUT2D eigenvalue weighted by molar-refractivity contribution is 0.0992. The second kappa shape index (κ2) is 8.53. The van der Waals surface area contributed by atoms with E-state index in [2.05, 4.69) is 15.9 Å². The predicted octanol–water partition coefficient (Wildman–Crippen LogP) is 4.86. The van der Waals surface area contributed by atoms with Gasteiger partial charge in [0.15, 0.2) is 0 Å². The summed E-state index contributed by atoms with van der Waals surface area (Å²) in [7, 11) is -2.06. The second-order valence-corrected chi connectivity index (χ2v) is 10.1. The first-order chi connectivity index (χ1) is 13.2. The maximum atomic E-state index is 13.0. The molecule has 1 saturated heterocycles. The van der Waals surface area contributed by atoms with Gasteiger partial charge in [-0.25, -0.2) is 8.42 Å². The summed E-state index contributed by atoms with van der Waals surface area (Å²) in [5.41, 5.74) is 1.97. The molecule has 0 aliphatic carbocycles. The van der Waals surface area contributed by atoms with Crippen LogP contribution in [-0.4, -0.2) is 38.8 Å². The molecule has 0 saturated carbocycles. The summed E-state index contributed by atoms with van der Waals surface area (Å²) in [5.74, 6) is -0.294. The van der Waals surface area contributed by atoms with E-state index < -0.39 is 10.0 Å². The highest BCUT2D eigenvalue weighted by Crippen LogP contribution is 2.29. The highest BCUT2D eigenvalue weighted by Gasteiger charge is 2.29. The van der Waals surface area contributed by atoms with E-state index in [0.29, 0.717) is 13.1 Å². The van der Waals surface area contributed by atoms with Crippen LogP contribution in [0.15, 0.2) is 45.8 Å². The number of piperidine rings is 1. The Balaban J connectivity index is 1.95. The van der Waals surface area contributed by atoms with Gasteiger partial charge in [-0.15, -0.1) is 0 Å². The molecule has 1 fully saturated rings. The Morgan fingerprint density at radius 1 is 1.11 bits per heavy atom. The van der Waals surface area contributed by atoms with Crippen molar-refractivity contribution in [2.75, 3.05) is 25.0 Å². The number of benzene rings is 2. The minimum absolute atomic E-state index is 0.0113. The van der Waals surface area contributed by atoms with E-state index in [-0.39, 0.29) is 21.4 Å². The molecular formula is C20H22BrClN2O3S. The number of carbonyl (C=O) groups excluding carboxylic acids is 1. The molecule has 0 radical (unpaired) electrons. The smallest absolute Gasteiger partial charge is 0.258 e. The summed E-state index contributed by atoms with van der Waals surface area (Å²) in [5, 5.41) is 0.129. The molecule has 0 aromatic heterocycles. The monoisotopic (exact) mass is 484 g/mol. The molecular weight excluding hydrogens is 464 g/mol. The Kier molecular flexibility index (Phi) is 6.49. The van der Waals surface area contributed by atoms with Crippen molar-refractivity contribution in [1.82, 2.24) is 4.31 Å². The van der Waals surface area contributed by atoms with E-state index in [1.165, 1.54) is 21.3 Å². The van der Waals surface area contributed by atoms with E-state index in [1.54, 1.807) is 13.1 Å². The van der Waals surface area contributed by atoms with Crippen LogP contribution < -0.4 is 4.90 Å². The molecule has 0 spiro atoms. The lowest BCUT2D eigenvalue weighted by atomic mass is 10.1. The highest BCUT2D eigenvalue weighted by molar-refractivity contribution is 9.10. The molecule has 5 nitrogen and oxygen atoms in total. The van der Waals surface area contributed by atoms with Gasteiger partial charge in [0.25, 0.3) is 5.91 Å². The highest BCUT2D eigenvalue weighted by atomic mass is 79.9. The van der Waals surface area contributed by atoms with Crippen molar-refractivity contribution in [3.8, 4) is 0 Å². The third kappa shape index (κ3) is 4.27. The van der Waals surface area contributed by atoms with Crippen LogP contribution in [-0.2, 0) is 10.0 Å². The molecule has 1 aliphatic rings. The molecule has 3 rings (SSSR count). The Hall–Kier alpha value is -1.41. The molecule has 1 heterocycles. The number of halogens is 2. The van der Waals surface area contributed by atoms with E-state index >= 15 is 0 Å².